The van der Waals surface area contributed by atoms with Gasteiger partial charge in [-0.15, -0.1) is 0 Å². The van der Waals surface area contributed by atoms with E-state index in [0.717, 1.165) is 9.13 Å². The number of Topliss-reactive ketones (excluding diaryl/α,β-unsaturated/α-hetero) is 2. The summed E-state index contributed by atoms with van der Waals surface area (Å²) in [5, 5.41) is 0. The summed E-state index contributed by atoms with van der Waals surface area (Å²) < 4.78 is 0.992. The Hall–Kier alpha value is -0.710. The van der Waals surface area contributed by atoms with Crippen molar-refractivity contribution in [2.75, 3.05) is 0 Å². The molecule has 0 aliphatic heterocycles. The van der Waals surface area contributed by atoms with E-state index in [1.807, 2.05) is 24.3 Å². The van der Waals surface area contributed by atoms with Crippen molar-refractivity contribution in [3.63, 3.8) is 0 Å². The van der Waals surface area contributed by atoms with Crippen LogP contribution in [0.1, 0.15) is 31.7 Å². The second kappa shape index (κ2) is 4.28. The van der Waals surface area contributed by atoms with Crippen LogP contribution in [-0.4, -0.2) is 11.6 Å². The molecule has 0 radical (unpaired) electrons. The molecule has 0 aromatic heterocycles. The van der Waals surface area contributed by atoms with Crippen LogP contribution in [0.4, 0.5) is 0 Å². The number of carbonyl (C=O) groups excluding carboxylic acids is 2. The zero-order chi connectivity index (χ0) is 11.8. The van der Waals surface area contributed by atoms with E-state index in [-0.39, 0.29) is 11.6 Å². The molecule has 0 amide bonds. The fourth-order valence-electron chi connectivity index (χ4n) is 2.23. The Morgan fingerprint density at radius 1 is 1.12 bits per heavy atom. The quantitative estimate of drug-likeness (QED) is 0.587. The van der Waals surface area contributed by atoms with Gasteiger partial charge in [0.1, 0.15) is 5.41 Å². The van der Waals surface area contributed by atoms with Gasteiger partial charge in [-0.3, -0.25) is 9.59 Å². The molecule has 0 heterocycles. The van der Waals surface area contributed by atoms with Gasteiger partial charge in [-0.2, -0.15) is 0 Å². The Balaban J connectivity index is 2.55. The Labute approximate surface area is 109 Å². The minimum atomic E-state index is -0.907. The molecule has 1 aliphatic rings. The Bertz CT molecular complexity index is 435. The van der Waals surface area contributed by atoms with E-state index in [4.69, 9.17) is 0 Å². The van der Waals surface area contributed by atoms with Gasteiger partial charge in [0.15, 0.2) is 11.6 Å². The predicted octanol–water partition coefficient (Wildman–Crippen LogP) is 2.87. The highest BCUT2D eigenvalue weighted by molar-refractivity contribution is 14.1. The molecule has 1 aliphatic carbocycles. The number of rotatable bonds is 1. The number of hydrogen-bond acceptors (Lipinski definition) is 2. The second-order valence-electron chi connectivity index (χ2n) is 4.30. The summed E-state index contributed by atoms with van der Waals surface area (Å²) in [6.07, 6.45) is 1.75. The first kappa shape index (κ1) is 11.8. The van der Waals surface area contributed by atoms with E-state index in [1.165, 1.54) is 0 Å². The molecule has 0 unspecified atom stereocenters. The first-order valence-corrected chi connectivity index (χ1v) is 6.46. The Morgan fingerprint density at radius 2 is 1.69 bits per heavy atom. The standard InChI is InChI=1S/C13H13IO2/c1-13(9-5-2-3-6-10(9)14)11(15)7-4-8-12(13)16/h2-3,5-6H,4,7-8H2,1H3. The van der Waals surface area contributed by atoms with Crippen LogP contribution in [0.15, 0.2) is 24.3 Å². The first-order chi connectivity index (χ1) is 7.56. The zero-order valence-corrected chi connectivity index (χ0v) is 11.3. The van der Waals surface area contributed by atoms with Gasteiger partial charge >= 0.3 is 0 Å². The lowest BCUT2D eigenvalue weighted by molar-refractivity contribution is -0.137. The van der Waals surface area contributed by atoms with Gasteiger partial charge in [0.25, 0.3) is 0 Å². The molecule has 1 aromatic rings. The van der Waals surface area contributed by atoms with E-state index in [9.17, 15) is 9.59 Å². The van der Waals surface area contributed by atoms with Gasteiger partial charge in [0.05, 0.1) is 0 Å². The lowest BCUT2D eigenvalue weighted by atomic mass is 9.69. The van der Waals surface area contributed by atoms with Gasteiger partial charge < -0.3 is 0 Å². The maximum Gasteiger partial charge on any atom is 0.150 e. The Morgan fingerprint density at radius 3 is 2.25 bits per heavy atom. The second-order valence-corrected chi connectivity index (χ2v) is 5.47. The lowest BCUT2D eigenvalue weighted by Gasteiger charge is -2.31. The monoisotopic (exact) mass is 328 g/mol. The van der Waals surface area contributed by atoms with Gasteiger partial charge in [0, 0.05) is 16.4 Å². The number of carbonyl (C=O) groups is 2. The first-order valence-electron chi connectivity index (χ1n) is 5.38. The lowest BCUT2D eigenvalue weighted by Crippen LogP contribution is -2.44. The number of halogens is 1. The molecule has 2 nitrogen and oxygen atoms in total. The number of benzene rings is 1. The highest BCUT2D eigenvalue weighted by atomic mass is 127. The van der Waals surface area contributed by atoms with Crippen molar-refractivity contribution in [2.45, 2.75) is 31.6 Å². The average Bonchev–Trinajstić information content (AvgIpc) is 2.26. The summed E-state index contributed by atoms with van der Waals surface area (Å²) in [5.41, 5.74) is -0.0407. The summed E-state index contributed by atoms with van der Waals surface area (Å²) in [4.78, 5) is 24.1. The molecular formula is C13H13IO2. The summed E-state index contributed by atoms with van der Waals surface area (Å²) in [5.74, 6) is 0.126. The van der Waals surface area contributed by atoms with Gasteiger partial charge in [0.2, 0.25) is 0 Å². The van der Waals surface area contributed by atoms with Crippen LogP contribution in [-0.2, 0) is 15.0 Å². The van der Waals surface area contributed by atoms with Crippen molar-refractivity contribution >= 4 is 34.2 Å². The molecule has 0 spiro atoms. The maximum absolute atomic E-state index is 12.1. The topological polar surface area (TPSA) is 34.1 Å². The van der Waals surface area contributed by atoms with Crippen LogP contribution >= 0.6 is 22.6 Å². The van der Waals surface area contributed by atoms with Crippen LogP contribution in [0.2, 0.25) is 0 Å². The average molecular weight is 328 g/mol. The van der Waals surface area contributed by atoms with Crippen LogP contribution in [0, 0.1) is 3.57 Å². The minimum Gasteiger partial charge on any atom is -0.298 e. The maximum atomic E-state index is 12.1. The molecule has 16 heavy (non-hydrogen) atoms. The third-order valence-electron chi connectivity index (χ3n) is 3.34. The van der Waals surface area contributed by atoms with Crippen molar-refractivity contribution in [1.82, 2.24) is 0 Å². The largest absolute Gasteiger partial charge is 0.298 e. The molecule has 0 N–H and O–H groups in total. The molecule has 0 saturated heterocycles. The molecule has 1 fully saturated rings. The van der Waals surface area contributed by atoms with Crippen LogP contribution in [0.25, 0.3) is 0 Å². The summed E-state index contributed by atoms with van der Waals surface area (Å²) in [6.45, 7) is 1.77. The summed E-state index contributed by atoms with van der Waals surface area (Å²) in [7, 11) is 0. The molecule has 1 aromatic carbocycles. The van der Waals surface area contributed by atoms with Crippen molar-refractivity contribution in [2.24, 2.45) is 0 Å². The smallest absolute Gasteiger partial charge is 0.150 e. The zero-order valence-electron chi connectivity index (χ0n) is 9.13. The minimum absolute atomic E-state index is 0.0628. The van der Waals surface area contributed by atoms with Gasteiger partial charge in [-0.05, 0) is 47.6 Å². The van der Waals surface area contributed by atoms with Crippen LogP contribution < -0.4 is 0 Å². The fraction of sp³-hybridized carbons (Fsp3) is 0.385. The van der Waals surface area contributed by atoms with Crippen molar-refractivity contribution < 1.29 is 9.59 Å². The molecule has 84 valence electrons. The Kier molecular flexibility index (Phi) is 3.15. The highest BCUT2D eigenvalue weighted by Crippen LogP contribution is 2.35. The molecule has 2 rings (SSSR count). The van der Waals surface area contributed by atoms with Crippen molar-refractivity contribution in [1.29, 1.82) is 0 Å². The summed E-state index contributed by atoms with van der Waals surface area (Å²) >= 11 is 2.19. The van der Waals surface area contributed by atoms with Gasteiger partial charge in [-0.1, -0.05) is 18.2 Å². The highest BCUT2D eigenvalue weighted by Gasteiger charge is 2.44. The fourth-order valence-corrected chi connectivity index (χ4v) is 3.16. The van der Waals surface area contributed by atoms with E-state index in [0.29, 0.717) is 19.3 Å². The normalized spacial score (nSPS) is 19.9. The SMILES string of the molecule is CC1(c2ccccc2I)C(=O)CCCC1=O. The summed E-state index contributed by atoms with van der Waals surface area (Å²) in [6, 6.07) is 7.64. The third-order valence-corrected chi connectivity index (χ3v) is 4.28. The predicted molar refractivity (Wildman–Crippen MR) is 70.4 cm³/mol. The van der Waals surface area contributed by atoms with E-state index >= 15 is 0 Å². The van der Waals surface area contributed by atoms with Crippen LogP contribution in [0.3, 0.4) is 0 Å². The molecular weight excluding hydrogens is 315 g/mol. The van der Waals surface area contributed by atoms with Crippen LogP contribution in [0.5, 0.6) is 0 Å². The molecule has 1 saturated carbocycles. The van der Waals surface area contributed by atoms with E-state index in [1.54, 1.807) is 6.92 Å². The van der Waals surface area contributed by atoms with E-state index in [2.05, 4.69) is 22.6 Å². The van der Waals surface area contributed by atoms with Crippen molar-refractivity contribution in [3.8, 4) is 0 Å². The molecule has 0 atom stereocenters. The number of ketones is 2. The van der Waals surface area contributed by atoms with E-state index < -0.39 is 5.41 Å². The number of hydrogen-bond donors (Lipinski definition) is 0. The molecule has 0 bridgehead atoms. The molecule has 3 heteroatoms. The third kappa shape index (κ3) is 1.71. The van der Waals surface area contributed by atoms with Crippen molar-refractivity contribution in [3.05, 3.63) is 33.4 Å². The van der Waals surface area contributed by atoms with Gasteiger partial charge in [-0.25, -0.2) is 0 Å².